The highest BCUT2D eigenvalue weighted by Gasteiger charge is 2.19. The van der Waals surface area contributed by atoms with Crippen LogP contribution in [0.5, 0.6) is 5.75 Å². The van der Waals surface area contributed by atoms with Gasteiger partial charge < -0.3 is 15.8 Å². The number of ether oxygens (including phenoxy) is 1. The van der Waals surface area contributed by atoms with E-state index in [0.29, 0.717) is 11.8 Å². The SMILES string of the molecule is CCC1CCC(Nc2cccc(OCC(N)=O)c2)CC1. The largest absolute Gasteiger partial charge is 0.484 e. The third-order valence-corrected chi connectivity index (χ3v) is 4.01. The van der Waals surface area contributed by atoms with Crippen LogP contribution >= 0.6 is 0 Å². The molecule has 0 saturated heterocycles. The van der Waals surface area contributed by atoms with Crippen LogP contribution in [0, 0.1) is 5.92 Å². The molecule has 0 atom stereocenters. The van der Waals surface area contributed by atoms with E-state index in [-0.39, 0.29) is 6.61 Å². The first-order valence-electron chi connectivity index (χ1n) is 7.45. The van der Waals surface area contributed by atoms with Crippen LogP contribution < -0.4 is 15.8 Å². The Morgan fingerprint density at radius 1 is 1.35 bits per heavy atom. The number of carbonyl (C=O) groups excluding carboxylic acids is 1. The fourth-order valence-corrected chi connectivity index (χ4v) is 2.78. The van der Waals surface area contributed by atoms with Gasteiger partial charge in [0, 0.05) is 17.8 Å². The number of hydrogen-bond acceptors (Lipinski definition) is 3. The normalized spacial score (nSPS) is 22.2. The maximum absolute atomic E-state index is 10.7. The van der Waals surface area contributed by atoms with E-state index in [4.69, 9.17) is 10.5 Å². The predicted molar refractivity (Wildman–Crippen MR) is 80.8 cm³/mol. The maximum Gasteiger partial charge on any atom is 0.255 e. The number of primary amides is 1. The van der Waals surface area contributed by atoms with Gasteiger partial charge in [0.05, 0.1) is 0 Å². The lowest BCUT2D eigenvalue weighted by atomic mass is 9.84. The molecule has 1 aliphatic rings. The quantitative estimate of drug-likeness (QED) is 0.839. The number of amides is 1. The summed E-state index contributed by atoms with van der Waals surface area (Å²) in [6.45, 7) is 2.20. The smallest absolute Gasteiger partial charge is 0.255 e. The zero-order chi connectivity index (χ0) is 14.4. The molecule has 0 heterocycles. The minimum atomic E-state index is -0.457. The molecule has 1 fully saturated rings. The predicted octanol–water partition coefficient (Wildman–Crippen LogP) is 2.93. The number of hydrogen-bond donors (Lipinski definition) is 2. The molecule has 3 N–H and O–H groups in total. The molecule has 0 aromatic heterocycles. The first-order chi connectivity index (χ1) is 9.67. The van der Waals surface area contributed by atoms with Crippen molar-refractivity contribution in [3.63, 3.8) is 0 Å². The summed E-state index contributed by atoms with van der Waals surface area (Å²) >= 11 is 0. The number of nitrogens with one attached hydrogen (secondary N) is 1. The molecule has 0 aliphatic heterocycles. The molecule has 0 spiro atoms. The Morgan fingerprint density at radius 3 is 2.75 bits per heavy atom. The summed E-state index contributed by atoms with van der Waals surface area (Å²) in [5.74, 6) is 1.12. The van der Waals surface area contributed by atoms with Crippen molar-refractivity contribution in [2.24, 2.45) is 11.7 Å². The van der Waals surface area contributed by atoms with Gasteiger partial charge in [0.15, 0.2) is 6.61 Å². The van der Waals surface area contributed by atoms with E-state index in [0.717, 1.165) is 11.6 Å². The topological polar surface area (TPSA) is 64.3 Å². The molecule has 0 radical (unpaired) electrons. The van der Waals surface area contributed by atoms with Crippen LogP contribution in [0.15, 0.2) is 24.3 Å². The molecule has 1 aliphatic carbocycles. The van der Waals surface area contributed by atoms with E-state index < -0.39 is 5.91 Å². The highest BCUT2D eigenvalue weighted by atomic mass is 16.5. The van der Waals surface area contributed by atoms with Crippen molar-refractivity contribution in [2.75, 3.05) is 11.9 Å². The van der Waals surface area contributed by atoms with Crippen LogP contribution in [0.2, 0.25) is 0 Å². The van der Waals surface area contributed by atoms with Gasteiger partial charge in [-0.1, -0.05) is 19.4 Å². The lowest BCUT2D eigenvalue weighted by molar-refractivity contribution is -0.119. The molecule has 20 heavy (non-hydrogen) atoms. The van der Waals surface area contributed by atoms with Gasteiger partial charge in [-0.15, -0.1) is 0 Å². The lowest BCUT2D eigenvalue weighted by Gasteiger charge is -2.29. The van der Waals surface area contributed by atoms with Crippen molar-refractivity contribution in [3.05, 3.63) is 24.3 Å². The molecule has 1 amide bonds. The van der Waals surface area contributed by atoms with Crippen molar-refractivity contribution in [1.82, 2.24) is 0 Å². The van der Waals surface area contributed by atoms with Crippen molar-refractivity contribution in [2.45, 2.75) is 45.1 Å². The zero-order valence-corrected chi connectivity index (χ0v) is 12.1. The molecule has 1 aromatic carbocycles. The standard InChI is InChI=1S/C16H24N2O2/c1-2-12-6-8-13(9-7-12)18-14-4-3-5-15(10-14)20-11-16(17)19/h3-5,10,12-13,18H,2,6-9,11H2,1H3,(H2,17,19). The summed E-state index contributed by atoms with van der Waals surface area (Å²) in [6, 6.07) is 8.26. The van der Waals surface area contributed by atoms with Gasteiger partial charge in [-0.2, -0.15) is 0 Å². The van der Waals surface area contributed by atoms with Gasteiger partial charge in [0.25, 0.3) is 5.91 Å². The van der Waals surface area contributed by atoms with Crippen LogP contribution in [0.3, 0.4) is 0 Å². The second-order valence-corrected chi connectivity index (χ2v) is 5.55. The van der Waals surface area contributed by atoms with Gasteiger partial charge in [-0.05, 0) is 43.7 Å². The van der Waals surface area contributed by atoms with E-state index >= 15 is 0 Å². The fraction of sp³-hybridized carbons (Fsp3) is 0.562. The summed E-state index contributed by atoms with van der Waals surface area (Å²) in [6.07, 6.45) is 6.37. The summed E-state index contributed by atoms with van der Waals surface area (Å²) < 4.78 is 5.32. The van der Waals surface area contributed by atoms with E-state index in [1.54, 1.807) is 0 Å². The molecular weight excluding hydrogens is 252 g/mol. The Bertz CT molecular complexity index is 440. The second kappa shape index (κ2) is 7.17. The van der Waals surface area contributed by atoms with Crippen LogP contribution in [-0.2, 0) is 4.79 Å². The van der Waals surface area contributed by atoms with Crippen molar-refractivity contribution >= 4 is 11.6 Å². The minimum absolute atomic E-state index is 0.0783. The zero-order valence-electron chi connectivity index (χ0n) is 12.1. The van der Waals surface area contributed by atoms with Gasteiger partial charge in [0.2, 0.25) is 0 Å². The highest BCUT2D eigenvalue weighted by molar-refractivity contribution is 5.75. The van der Waals surface area contributed by atoms with Crippen LogP contribution in [0.25, 0.3) is 0 Å². The van der Waals surface area contributed by atoms with Crippen LogP contribution in [0.1, 0.15) is 39.0 Å². The van der Waals surface area contributed by atoms with E-state index in [1.165, 1.54) is 32.1 Å². The number of rotatable bonds is 6. The van der Waals surface area contributed by atoms with Crippen molar-refractivity contribution in [1.29, 1.82) is 0 Å². The van der Waals surface area contributed by atoms with E-state index in [1.807, 2.05) is 24.3 Å². The average molecular weight is 276 g/mol. The molecule has 4 nitrogen and oxygen atoms in total. The summed E-state index contributed by atoms with van der Waals surface area (Å²) in [7, 11) is 0. The van der Waals surface area contributed by atoms with Crippen LogP contribution in [-0.4, -0.2) is 18.6 Å². The summed E-state index contributed by atoms with van der Waals surface area (Å²) in [4.78, 5) is 10.7. The Labute approximate surface area is 120 Å². The molecule has 1 saturated carbocycles. The number of carbonyl (C=O) groups is 1. The maximum atomic E-state index is 10.7. The molecule has 110 valence electrons. The fourth-order valence-electron chi connectivity index (χ4n) is 2.78. The van der Waals surface area contributed by atoms with Gasteiger partial charge in [-0.25, -0.2) is 0 Å². The highest BCUT2D eigenvalue weighted by Crippen LogP contribution is 2.29. The molecule has 4 heteroatoms. The van der Waals surface area contributed by atoms with Gasteiger partial charge in [0.1, 0.15) is 5.75 Å². The Hall–Kier alpha value is -1.71. The van der Waals surface area contributed by atoms with Gasteiger partial charge >= 0.3 is 0 Å². The average Bonchev–Trinajstić information content (AvgIpc) is 2.46. The molecule has 0 bridgehead atoms. The number of anilines is 1. The van der Waals surface area contributed by atoms with Crippen molar-refractivity contribution in [3.8, 4) is 5.75 Å². The van der Waals surface area contributed by atoms with E-state index in [2.05, 4.69) is 12.2 Å². The molecule has 0 unspecified atom stereocenters. The second-order valence-electron chi connectivity index (χ2n) is 5.55. The molecule has 2 rings (SSSR count). The summed E-state index contributed by atoms with van der Waals surface area (Å²) in [5, 5.41) is 3.56. The van der Waals surface area contributed by atoms with Crippen molar-refractivity contribution < 1.29 is 9.53 Å². The lowest BCUT2D eigenvalue weighted by Crippen LogP contribution is -2.25. The Morgan fingerprint density at radius 2 is 2.10 bits per heavy atom. The van der Waals surface area contributed by atoms with Crippen LogP contribution in [0.4, 0.5) is 5.69 Å². The summed E-state index contributed by atoms with van der Waals surface area (Å²) in [5.41, 5.74) is 6.12. The monoisotopic (exact) mass is 276 g/mol. The third-order valence-electron chi connectivity index (χ3n) is 4.01. The van der Waals surface area contributed by atoms with Gasteiger partial charge in [-0.3, -0.25) is 4.79 Å². The molecule has 1 aromatic rings. The Kier molecular flexibility index (Phi) is 5.27. The first kappa shape index (κ1) is 14.7. The Balaban J connectivity index is 1.86. The number of benzene rings is 1. The number of nitrogens with two attached hydrogens (primary N) is 1. The first-order valence-corrected chi connectivity index (χ1v) is 7.45. The third kappa shape index (κ3) is 4.44. The minimum Gasteiger partial charge on any atom is -0.484 e. The molecular formula is C16H24N2O2. The van der Waals surface area contributed by atoms with E-state index in [9.17, 15) is 4.79 Å².